The minimum Gasteiger partial charge on any atom is -0.392 e. The third-order valence-corrected chi connectivity index (χ3v) is 6.33. The van der Waals surface area contributed by atoms with E-state index in [2.05, 4.69) is 33.5 Å². The molecule has 1 aromatic heterocycles. The summed E-state index contributed by atoms with van der Waals surface area (Å²) >= 11 is 0. The van der Waals surface area contributed by atoms with Crippen molar-refractivity contribution in [1.29, 1.82) is 0 Å². The highest BCUT2D eigenvalue weighted by molar-refractivity contribution is 5.79. The molecule has 0 radical (unpaired) electrons. The number of aliphatic hydroxyl groups is 1. The Bertz CT molecular complexity index is 652. The lowest BCUT2D eigenvalue weighted by Crippen LogP contribution is -2.42. The van der Waals surface area contributed by atoms with E-state index in [1.54, 1.807) is 0 Å². The minimum atomic E-state index is -0.302. The standard InChI is InChI=1S/C19H31N5O2/c1-13(2)24-11-15(25)10-16(24)18-21-20-17-12-22(8-9-23(17)18)19(26)14-6-4-3-5-7-14/h13-16,25H,3-12H2,1-2H3/t15-,16-/m0/s1. The van der Waals surface area contributed by atoms with Crippen LogP contribution in [0.25, 0.3) is 0 Å². The summed E-state index contributed by atoms with van der Waals surface area (Å²) < 4.78 is 2.18. The normalized spacial score (nSPS) is 27.9. The second-order valence-corrected chi connectivity index (χ2v) is 8.42. The number of β-amino-alcohol motifs (C(OH)–C–C–N with tert-alkyl or cyclic N) is 1. The average molecular weight is 361 g/mol. The van der Waals surface area contributed by atoms with Crippen LogP contribution in [0, 0.1) is 5.92 Å². The summed E-state index contributed by atoms with van der Waals surface area (Å²) in [6.07, 6.45) is 6.11. The Morgan fingerprint density at radius 1 is 1.15 bits per heavy atom. The van der Waals surface area contributed by atoms with Gasteiger partial charge in [0.1, 0.15) is 0 Å². The van der Waals surface area contributed by atoms with Crippen molar-refractivity contribution in [2.75, 3.05) is 13.1 Å². The third-order valence-electron chi connectivity index (χ3n) is 6.33. The largest absolute Gasteiger partial charge is 0.392 e. The van der Waals surface area contributed by atoms with Crippen LogP contribution in [0.2, 0.25) is 0 Å². The Kier molecular flexibility index (Phi) is 5.01. The number of likely N-dealkylation sites (tertiary alicyclic amines) is 1. The molecule has 26 heavy (non-hydrogen) atoms. The van der Waals surface area contributed by atoms with Crippen molar-refractivity contribution in [3.8, 4) is 0 Å². The Labute approximate surface area is 155 Å². The van der Waals surface area contributed by atoms with Crippen LogP contribution in [0.3, 0.4) is 0 Å². The first-order valence-electron chi connectivity index (χ1n) is 10.2. The summed E-state index contributed by atoms with van der Waals surface area (Å²) in [7, 11) is 0. The van der Waals surface area contributed by atoms with Gasteiger partial charge < -0.3 is 14.6 Å². The molecule has 1 aliphatic carbocycles. The fraction of sp³-hybridized carbons (Fsp3) is 0.842. The van der Waals surface area contributed by atoms with Crippen LogP contribution >= 0.6 is 0 Å². The lowest BCUT2D eigenvalue weighted by atomic mass is 9.88. The molecule has 2 aliphatic heterocycles. The number of rotatable bonds is 3. The van der Waals surface area contributed by atoms with E-state index >= 15 is 0 Å². The van der Waals surface area contributed by atoms with E-state index in [-0.39, 0.29) is 18.1 Å². The Hall–Kier alpha value is -1.47. The second kappa shape index (κ2) is 7.27. The molecule has 1 N–H and O–H groups in total. The van der Waals surface area contributed by atoms with Crippen LogP contribution in [0.4, 0.5) is 0 Å². The van der Waals surface area contributed by atoms with Crippen molar-refractivity contribution in [2.24, 2.45) is 5.92 Å². The summed E-state index contributed by atoms with van der Waals surface area (Å²) in [4.78, 5) is 17.1. The lowest BCUT2D eigenvalue weighted by Gasteiger charge is -2.33. The highest BCUT2D eigenvalue weighted by Gasteiger charge is 2.38. The van der Waals surface area contributed by atoms with Crippen molar-refractivity contribution < 1.29 is 9.90 Å². The van der Waals surface area contributed by atoms with E-state index in [1.165, 1.54) is 19.3 Å². The molecule has 7 heteroatoms. The predicted octanol–water partition coefficient (Wildman–Crippen LogP) is 1.72. The van der Waals surface area contributed by atoms with Gasteiger partial charge in [-0.15, -0.1) is 10.2 Å². The molecule has 7 nitrogen and oxygen atoms in total. The molecule has 0 bridgehead atoms. The zero-order valence-corrected chi connectivity index (χ0v) is 16.0. The van der Waals surface area contributed by atoms with Gasteiger partial charge in [-0.25, -0.2) is 0 Å². The zero-order chi connectivity index (χ0) is 18.3. The summed E-state index contributed by atoms with van der Waals surface area (Å²) in [6, 6.07) is 0.477. The maximum atomic E-state index is 12.8. The molecule has 2 fully saturated rings. The van der Waals surface area contributed by atoms with Crippen LogP contribution < -0.4 is 0 Å². The van der Waals surface area contributed by atoms with Gasteiger partial charge >= 0.3 is 0 Å². The van der Waals surface area contributed by atoms with Gasteiger partial charge in [-0.1, -0.05) is 19.3 Å². The third kappa shape index (κ3) is 3.27. The summed E-state index contributed by atoms with van der Waals surface area (Å²) in [6.45, 7) is 7.07. The molecule has 0 spiro atoms. The smallest absolute Gasteiger partial charge is 0.226 e. The fourth-order valence-corrected chi connectivity index (χ4v) is 4.89. The molecule has 4 rings (SSSR count). The van der Waals surface area contributed by atoms with E-state index in [4.69, 9.17) is 0 Å². The average Bonchev–Trinajstić information content (AvgIpc) is 3.24. The van der Waals surface area contributed by atoms with Crippen LogP contribution in [-0.4, -0.2) is 60.8 Å². The van der Waals surface area contributed by atoms with E-state index in [0.29, 0.717) is 31.5 Å². The van der Waals surface area contributed by atoms with Crippen LogP contribution in [0.1, 0.15) is 70.1 Å². The fourth-order valence-electron chi connectivity index (χ4n) is 4.89. The van der Waals surface area contributed by atoms with E-state index in [0.717, 1.165) is 37.6 Å². The van der Waals surface area contributed by atoms with Crippen LogP contribution in [-0.2, 0) is 17.9 Å². The molecule has 1 saturated heterocycles. The van der Waals surface area contributed by atoms with Gasteiger partial charge in [0.2, 0.25) is 5.91 Å². The predicted molar refractivity (Wildman–Crippen MR) is 97.2 cm³/mol. The van der Waals surface area contributed by atoms with Gasteiger partial charge in [0.15, 0.2) is 11.6 Å². The highest BCUT2D eigenvalue weighted by atomic mass is 16.3. The molecular weight excluding hydrogens is 330 g/mol. The molecule has 1 saturated carbocycles. The van der Waals surface area contributed by atoms with E-state index in [1.807, 2.05) is 4.90 Å². The maximum absolute atomic E-state index is 12.8. The number of carbonyl (C=O) groups is 1. The number of fused-ring (bicyclic) bond motifs is 1. The van der Waals surface area contributed by atoms with E-state index < -0.39 is 0 Å². The molecule has 3 heterocycles. The minimum absolute atomic E-state index is 0.117. The van der Waals surface area contributed by atoms with Crippen LogP contribution in [0.15, 0.2) is 0 Å². The SMILES string of the molecule is CC(C)N1C[C@@H](O)C[C@H]1c1nnc2n1CCN(C(=O)C1CCCCC1)C2. The quantitative estimate of drug-likeness (QED) is 0.887. The van der Waals surface area contributed by atoms with Gasteiger partial charge in [-0.3, -0.25) is 9.69 Å². The van der Waals surface area contributed by atoms with Crippen LogP contribution in [0.5, 0.6) is 0 Å². The molecular formula is C19H31N5O2. The number of hydrogen-bond donors (Lipinski definition) is 1. The molecule has 1 amide bonds. The monoisotopic (exact) mass is 361 g/mol. The first kappa shape index (κ1) is 17.9. The van der Waals surface area contributed by atoms with Gasteiger partial charge in [-0.05, 0) is 33.1 Å². The molecule has 144 valence electrons. The molecule has 1 aromatic rings. The molecule has 2 atom stereocenters. The summed E-state index contributed by atoms with van der Waals surface area (Å²) in [5.74, 6) is 2.36. The van der Waals surface area contributed by atoms with E-state index in [9.17, 15) is 9.90 Å². The molecule has 0 aromatic carbocycles. The Morgan fingerprint density at radius 2 is 1.92 bits per heavy atom. The Morgan fingerprint density at radius 3 is 2.65 bits per heavy atom. The topological polar surface area (TPSA) is 74.5 Å². The number of aromatic nitrogens is 3. The van der Waals surface area contributed by atoms with Gasteiger partial charge in [0.05, 0.1) is 18.7 Å². The Balaban J connectivity index is 1.49. The number of carbonyl (C=O) groups excluding carboxylic acids is 1. The number of amides is 1. The van der Waals surface area contributed by atoms with Crippen molar-refractivity contribution in [1.82, 2.24) is 24.6 Å². The van der Waals surface area contributed by atoms with Crippen molar-refractivity contribution >= 4 is 5.91 Å². The first-order valence-corrected chi connectivity index (χ1v) is 10.2. The number of nitrogens with zero attached hydrogens (tertiary/aromatic N) is 5. The summed E-state index contributed by atoms with van der Waals surface area (Å²) in [5.41, 5.74) is 0. The number of aliphatic hydroxyl groups excluding tert-OH is 1. The number of hydrogen-bond acceptors (Lipinski definition) is 5. The maximum Gasteiger partial charge on any atom is 0.226 e. The highest BCUT2D eigenvalue weighted by Crippen LogP contribution is 2.34. The van der Waals surface area contributed by atoms with Gasteiger partial charge in [0, 0.05) is 31.6 Å². The van der Waals surface area contributed by atoms with Crippen molar-refractivity contribution in [3.63, 3.8) is 0 Å². The first-order chi connectivity index (χ1) is 12.5. The summed E-state index contributed by atoms with van der Waals surface area (Å²) in [5, 5.41) is 19.0. The zero-order valence-electron chi connectivity index (χ0n) is 16.0. The molecule has 3 aliphatic rings. The van der Waals surface area contributed by atoms with Gasteiger partial charge in [0.25, 0.3) is 0 Å². The van der Waals surface area contributed by atoms with Crippen molar-refractivity contribution in [2.45, 2.75) is 83.6 Å². The van der Waals surface area contributed by atoms with Gasteiger partial charge in [-0.2, -0.15) is 0 Å². The second-order valence-electron chi connectivity index (χ2n) is 8.42. The van der Waals surface area contributed by atoms with Crippen molar-refractivity contribution in [3.05, 3.63) is 11.6 Å². The molecule has 0 unspecified atom stereocenters. The lowest BCUT2D eigenvalue weighted by molar-refractivity contribution is -0.138.